The number of tetrazole rings is 1. The van der Waals surface area contributed by atoms with E-state index in [4.69, 9.17) is 0 Å². The third-order valence-corrected chi connectivity index (χ3v) is 4.93. The summed E-state index contributed by atoms with van der Waals surface area (Å²) in [6.07, 6.45) is 1.82. The van der Waals surface area contributed by atoms with Gasteiger partial charge in [-0.25, -0.2) is 8.42 Å². The SMILES string of the molecule is O=C(CS(=O)(=O)c1nnnn1-c1ccccc1)N1CCCC1. The van der Waals surface area contributed by atoms with Crippen LogP contribution in [0.1, 0.15) is 12.8 Å². The molecule has 0 spiro atoms. The van der Waals surface area contributed by atoms with Crippen LogP contribution in [-0.2, 0) is 14.6 Å². The van der Waals surface area contributed by atoms with Crippen molar-refractivity contribution in [1.82, 2.24) is 25.1 Å². The molecule has 1 amide bonds. The van der Waals surface area contributed by atoms with Gasteiger partial charge in [0.2, 0.25) is 15.7 Å². The van der Waals surface area contributed by atoms with Crippen molar-refractivity contribution in [3.05, 3.63) is 30.3 Å². The Balaban J connectivity index is 1.87. The minimum absolute atomic E-state index is 0.314. The molecule has 1 aliphatic rings. The second-order valence-electron chi connectivity index (χ2n) is 5.06. The number of aromatic nitrogens is 4. The largest absolute Gasteiger partial charge is 0.342 e. The number of benzene rings is 1. The van der Waals surface area contributed by atoms with Crippen LogP contribution in [0.5, 0.6) is 0 Å². The minimum atomic E-state index is -3.90. The lowest BCUT2D eigenvalue weighted by molar-refractivity contribution is -0.127. The predicted molar refractivity (Wildman–Crippen MR) is 77.0 cm³/mol. The van der Waals surface area contributed by atoms with Crippen LogP contribution in [0.3, 0.4) is 0 Å². The summed E-state index contributed by atoms with van der Waals surface area (Å²) in [4.78, 5) is 13.6. The van der Waals surface area contributed by atoms with Crippen LogP contribution >= 0.6 is 0 Å². The first-order valence-electron chi connectivity index (χ1n) is 6.92. The zero-order chi connectivity index (χ0) is 15.6. The molecule has 2 aromatic rings. The standard InChI is InChI=1S/C13H15N5O3S/c19-12(17-8-4-5-9-17)10-22(20,21)13-14-15-16-18(13)11-6-2-1-3-7-11/h1-3,6-7H,4-5,8-10H2. The molecule has 1 aromatic carbocycles. The molecule has 1 aliphatic heterocycles. The third kappa shape index (κ3) is 2.84. The van der Waals surface area contributed by atoms with Gasteiger partial charge in [0.1, 0.15) is 5.75 Å². The summed E-state index contributed by atoms with van der Waals surface area (Å²) in [6.45, 7) is 1.22. The Morgan fingerprint density at radius 1 is 1.14 bits per heavy atom. The quantitative estimate of drug-likeness (QED) is 0.789. The molecule has 2 heterocycles. The normalized spacial score (nSPS) is 15.2. The van der Waals surface area contributed by atoms with E-state index in [1.165, 1.54) is 0 Å². The molecule has 9 heteroatoms. The lowest BCUT2D eigenvalue weighted by Gasteiger charge is -2.14. The van der Waals surface area contributed by atoms with Gasteiger partial charge in [-0.05, 0) is 35.4 Å². The van der Waals surface area contributed by atoms with Gasteiger partial charge in [0.25, 0.3) is 5.16 Å². The molecule has 22 heavy (non-hydrogen) atoms. The van der Waals surface area contributed by atoms with Gasteiger partial charge in [-0.1, -0.05) is 23.3 Å². The van der Waals surface area contributed by atoms with Crippen LogP contribution in [0.15, 0.2) is 35.5 Å². The van der Waals surface area contributed by atoms with Gasteiger partial charge in [-0.3, -0.25) is 4.79 Å². The fraction of sp³-hybridized carbons (Fsp3) is 0.385. The summed E-state index contributed by atoms with van der Waals surface area (Å²) in [6, 6.07) is 8.69. The molecule has 0 saturated carbocycles. The zero-order valence-corrected chi connectivity index (χ0v) is 12.6. The van der Waals surface area contributed by atoms with Crippen molar-refractivity contribution in [2.75, 3.05) is 18.8 Å². The Morgan fingerprint density at radius 2 is 1.82 bits per heavy atom. The zero-order valence-electron chi connectivity index (χ0n) is 11.8. The average Bonchev–Trinajstić information content (AvgIpc) is 3.19. The Hall–Kier alpha value is -2.29. The van der Waals surface area contributed by atoms with Crippen LogP contribution in [0.2, 0.25) is 0 Å². The van der Waals surface area contributed by atoms with Crippen molar-refractivity contribution >= 4 is 15.7 Å². The smallest absolute Gasteiger partial charge is 0.272 e. The molecular weight excluding hydrogens is 306 g/mol. The maximum Gasteiger partial charge on any atom is 0.272 e. The van der Waals surface area contributed by atoms with E-state index >= 15 is 0 Å². The number of nitrogens with zero attached hydrogens (tertiary/aromatic N) is 5. The molecule has 3 rings (SSSR count). The highest BCUT2D eigenvalue weighted by Gasteiger charge is 2.30. The second-order valence-corrected chi connectivity index (χ2v) is 6.94. The van der Waals surface area contributed by atoms with Gasteiger partial charge in [0, 0.05) is 13.1 Å². The van der Waals surface area contributed by atoms with Crippen molar-refractivity contribution in [3.63, 3.8) is 0 Å². The number of sulfone groups is 1. The number of likely N-dealkylation sites (tertiary alicyclic amines) is 1. The first kappa shape index (κ1) is 14.6. The summed E-state index contributed by atoms with van der Waals surface area (Å²) >= 11 is 0. The summed E-state index contributed by atoms with van der Waals surface area (Å²) in [5, 5.41) is 10.4. The lowest BCUT2D eigenvalue weighted by atomic mass is 10.3. The fourth-order valence-electron chi connectivity index (χ4n) is 2.39. The van der Waals surface area contributed by atoms with Crippen LogP contribution in [0.25, 0.3) is 5.69 Å². The van der Waals surface area contributed by atoms with Crippen LogP contribution in [-0.4, -0.2) is 58.3 Å². The second kappa shape index (κ2) is 5.84. The number of rotatable bonds is 4. The predicted octanol–water partition coefficient (Wildman–Crippen LogP) is 0.0584. The molecule has 0 aliphatic carbocycles. The third-order valence-electron chi connectivity index (χ3n) is 3.49. The Labute approximate surface area is 127 Å². The number of carbonyl (C=O) groups is 1. The van der Waals surface area contributed by atoms with Crippen LogP contribution in [0.4, 0.5) is 0 Å². The van der Waals surface area contributed by atoms with E-state index in [0.29, 0.717) is 18.8 Å². The number of amides is 1. The van der Waals surface area contributed by atoms with Gasteiger partial charge in [-0.2, -0.15) is 4.68 Å². The van der Waals surface area contributed by atoms with Gasteiger partial charge in [0.05, 0.1) is 5.69 Å². The highest BCUT2D eigenvalue weighted by atomic mass is 32.2. The van der Waals surface area contributed by atoms with Crippen molar-refractivity contribution < 1.29 is 13.2 Å². The lowest BCUT2D eigenvalue weighted by Crippen LogP contribution is -2.34. The number of para-hydroxylation sites is 1. The van der Waals surface area contributed by atoms with E-state index in [1.54, 1.807) is 35.2 Å². The summed E-state index contributed by atoms with van der Waals surface area (Å²) in [7, 11) is -3.90. The van der Waals surface area contributed by atoms with Gasteiger partial charge in [0.15, 0.2) is 0 Å². The van der Waals surface area contributed by atoms with Gasteiger partial charge in [-0.15, -0.1) is 0 Å². The van der Waals surface area contributed by atoms with E-state index in [0.717, 1.165) is 17.5 Å². The van der Waals surface area contributed by atoms with Gasteiger partial charge >= 0.3 is 0 Å². The van der Waals surface area contributed by atoms with Crippen molar-refractivity contribution in [2.24, 2.45) is 0 Å². The number of carbonyl (C=O) groups excluding carboxylic acids is 1. The maximum absolute atomic E-state index is 12.4. The molecule has 0 atom stereocenters. The minimum Gasteiger partial charge on any atom is -0.342 e. The van der Waals surface area contributed by atoms with Crippen molar-refractivity contribution in [2.45, 2.75) is 18.0 Å². The van der Waals surface area contributed by atoms with E-state index in [-0.39, 0.29) is 5.16 Å². The first-order chi connectivity index (χ1) is 10.6. The van der Waals surface area contributed by atoms with E-state index in [9.17, 15) is 13.2 Å². The monoisotopic (exact) mass is 321 g/mol. The molecule has 0 N–H and O–H groups in total. The van der Waals surface area contributed by atoms with Crippen molar-refractivity contribution in [1.29, 1.82) is 0 Å². The molecule has 1 fully saturated rings. The van der Waals surface area contributed by atoms with Crippen molar-refractivity contribution in [3.8, 4) is 5.69 Å². The molecule has 1 aromatic heterocycles. The Bertz CT molecular complexity index is 766. The molecule has 0 bridgehead atoms. The molecule has 0 radical (unpaired) electrons. The topological polar surface area (TPSA) is 98.0 Å². The molecule has 1 saturated heterocycles. The molecular formula is C13H15N5O3S. The first-order valence-corrected chi connectivity index (χ1v) is 8.57. The van der Waals surface area contributed by atoms with E-state index < -0.39 is 21.5 Å². The summed E-state index contributed by atoms with van der Waals surface area (Å²) < 4.78 is 26.0. The fourth-order valence-corrected chi connectivity index (χ4v) is 3.59. The summed E-state index contributed by atoms with van der Waals surface area (Å²) in [5.41, 5.74) is 0.527. The average molecular weight is 321 g/mol. The van der Waals surface area contributed by atoms with E-state index in [2.05, 4.69) is 15.5 Å². The number of hydrogen-bond acceptors (Lipinski definition) is 6. The molecule has 8 nitrogen and oxygen atoms in total. The molecule has 116 valence electrons. The Kier molecular flexibility index (Phi) is 3.88. The van der Waals surface area contributed by atoms with Crippen LogP contribution in [0, 0.1) is 0 Å². The molecule has 0 unspecified atom stereocenters. The van der Waals surface area contributed by atoms with Gasteiger partial charge < -0.3 is 4.90 Å². The maximum atomic E-state index is 12.4. The van der Waals surface area contributed by atoms with Crippen LogP contribution < -0.4 is 0 Å². The Morgan fingerprint density at radius 3 is 2.50 bits per heavy atom. The number of hydrogen-bond donors (Lipinski definition) is 0. The summed E-state index contributed by atoms with van der Waals surface area (Å²) in [5.74, 6) is -1.01. The highest BCUT2D eigenvalue weighted by Crippen LogP contribution is 2.15. The van der Waals surface area contributed by atoms with E-state index in [1.807, 2.05) is 0 Å². The highest BCUT2D eigenvalue weighted by molar-refractivity contribution is 7.91.